The smallest absolute Gasteiger partial charge is 0.419 e. The molecule has 0 aliphatic carbocycles. The van der Waals surface area contributed by atoms with Crippen molar-refractivity contribution in [3.8, 4) is 23.1 Å². The number of hydrazone groups is 1. The number of anilines is 1. The summed E-state index contributed by atoms with van der Waals surface area (Å²) in [4.78, 5) is 18.7. The van der Waals surface area contributed by atoms with Gasteiger partial charge in [-0.25, -0.2) is 19.2 Å². The van der Waals surface area contributed by atoms with Gasteiger partial charge in [0.05, 0.1) is 17.5 Å². The van der Waals surface area contributed by atoms with E-state index in [0.717, 1.165) is 18.3 Å². The zero-order valence-corrected chi connectivity index (χ0v) is 16.5. The van der Waals surface area contributed by atoms with Gasteiger partial charge in [0.1, 0.15) is 24.0 Å². The predicted octanol–water partition coefficient (Wildman–Crippen LogP) is 4.42. The molecule has 0 saturated heterocycles. The third-order valence-corrected chi connectivity index (χ3v) is 4.14. The number of benzene rings is 2. The van der Waals surface area contributed by atoms with Crippen LogP contribution in [0, 0.1) is 11.3 Å². The lowest BCUT2D eigenvalue weighted by molar-refractivity contribution is -0.139. The Labute approximate surface area is 183 Å². The summed E-state index contributed by atoms with van der Waals surface area (Å²) in [5.74, 6) is -0.904. The summed E-state index contributed by atoms with van der Waals surface area (Å²) in [6, 6.07) is 12.9. The first-order chi connectivity index (χ1) is 15.7. The number of ether oxygens (including phenoxy) is 1. The number of halogens is 5. The number of nitrogens with zero attached hydrogens (tertiary/aromatic N) is 3. The molecular weight excluding hydrogens is 449 g/mol. The van der Waals surface area contributed by atoms with E-state index in [-0.39, 0.29) is 22.8 Å². The summed E-state index contributed by atoms with van der Waals surface area (Å²) >= 11 is 0. The Morgan fingerprint density at radius 2 is 1.94 bits per heavy atom. The zero-order valence-electron chi connectivity index (χ0n) is 16.5. The average molecular weight is 463 g/mol. The molecule has 0 amide bonds. The highest BCUT2D eigenvalue weighted by atomic mass is 19.4. The van der Waals surface area contributed by atoms with E-state index in [1.165, 1.54) is 0 Å². The second-order valence-corrected chi connectivity index (χ2v) is 6.44. The molecule has 0 atom stereocenters. The Morgan fingerprint density at radius 3 is 2.58 bits per heavy atom. The molecule has 1 aromatic heterocycles. The number of aromatic amines is 1. The maximum absolute atomic E-state index is 13.1. The van der Waals surface area contributed by atoms with Gasteiger partial charge in [-0.05, 0) is 17.7 Å². The molecule has 0 saturated carbocycles. The van der Waals surface area contributed by atoms with Crippen molar-refractivity contribution in [2.45, 2.75) is 12.6 Å². The summed E-state index contributed by atoms with van der Waals surface area (Å²) in [5, 5.41) is 13.1. The number of aromatic nitrogens is 2. The van der Waals surface area contributed by atoms with Gasteiger partial charge in [0.2, 0.25) is 5.95 Å². The van der Waals surface area contributed by atoms with E-state index in [0.29, 0.717) is 11.6 Å². The Balaban J connectivity index is 1.87. The fraction of sp³-hybridized carbons (Fsp3) is 0.143. The van der Waals surface area contributed by atoms with Crippen molar-refractivity contribution in [2.24, 2.45) is 5.10 Å². The lowest BCUT2D eigenvalue weighted by Crippen LogP contribution is -2.16. The molecule has 3 aromatic rings. The molecule has 0 aliphatic rings. The lowest BCUT2D eigenvalue weighted by Gasteiger charge is -2.14. The van der Waals surface area contributed by atoms with Gasteiger partial charge in [-0.1, -0.05) is 36.4 Å². The summed E-state index contributed by atoms with van der Waals surface area (Å²) in [7, 11) is 0. The van der Waals surface area contributed by atoms with Crippen LogP contribution in [-0.2, 0) is 6.18 Å². The average Bonchev–Trinajstić information content (AvgIpc) is 2.77. The van der Waals surface area contributed by atoms with Crippen LogP contribution in [0.25, 0.3) is 11.3 Å². The highest BCUT2D eigenvalue weighted by Crippen LogP contribution is 2.36. The van der Waals surface area contributed by atoms with Crippen molar-refractivity contribution < 1.29 is 26.7 Å². The van der Waals surface area contributed by atoms with Crippen LogP contribution >= 0.6 is 0 Å². The van der Waals surface area contributed by atoms with Crippen molar-refractivity contribution in [1.82, 2.24) is 9.97 Å². The minimum absolute atomic E-state index is 0.0963. The van der Waals surface area contributed by atoms with E-state index < -0.39 is 36.1 Å². The standard InChI is InChI=1S/C21H14F5N5O2/c22-17(23)11-33-16-8-12(6-7-15(16)21(24,25)26)10-28-31-20-29-18(13-4-2-1-3-5-13)14(9-27)19(32)30-20/h1-8,10,17H,11H2,(H2,29,30,31,32). The van der Waals surface area contributed by atoms with Crippen molar-refractivity contribution in [3.63, 3.8) is 0 Å². The highest BCUT2D eigenvalue weighted by molar-refractivity contribution is 5.81. The Hall–Kier alpha value is -4.27. The lowest BCUT2D eigenvalue weighted by atomic mass is 10.1. The van der Waals surface area contributed by atoms with E-state index in [9.17, 15) is 32.0 Å². The molecule has 3 rings (SSSR count). The molecule has 0 bridgehead atoms. The van der Waals surface area contributed by atoms with Crippen LogP contribution in [0.5, 0.6) is 5.75 Å². The number of alkyl halides is 5. The first-order valence-corrected chi connectivity index (χ1v) is 9.20. The maximum Gasteiger partial charge on any atom is 0.419 e. The maximum atomic E-state index is 13.1. The van der Waals surface area contributed by atoms with Crippen molar-refractivity contribution in [3.05, 3.63) is 75.6 Å². The summed E-state index contributed by atoms with van der Waals surface area (Å²) in [6.07, 6.45) is -6.68. The van der Waals surface area contributed by atoms with Crippen LogP contribution in [0.15, 0.2) is 58.4 Å². The molecule has 7 nitrogen and oxygen atoms in total. The molecule has 0 fully saturated rings. The van der Waals surface area contributed by atoms with Gasteiger partial charge in [0.15, 0.2) is 0 Å². The Morgan fingerprint density at radius 1 is 1.21 bits per heavy atom. The normalized spacial score (nSPS) is 11.5. The van der Waals surface area contributed by atoms with E-state index in [4.69, 9.17) is 0 Å². The minimum Gasteiger partial charge on any atom is -0.487 e. The third kappa shape index (κ3) is 5.91. The van der Waals surface area contributed by atoms with Crippen LogP contribution in [0.3, 0.4) is 0 Å². The zero-order chi connectivity index (χ0) is 24.0. The monoisotopic (exact) mass is 463 g/mol. The van der Waals surface area contributed by atoms with Gasteiger partial charge in [-0.15, -0.1) is 0 Å². The molecule has 2 aromatic carbocycles. The van der Waals surface area contributed by atoms with Gasteiger partial charge < -0.3 is 4.74 Å². The van der Waals surface area contributed by atoms with Crippen molar-refractivity contribution >= 4 is 12.2 Å². The number of nitrogens with one attached hydrogen (secondary N) is 2. The minimum atomic E-state index is -4.80. The van der Waals surface area contributed by atoms with Crippen LogP contribution in [0.2, 0.25) is 0 Å². The topological polar surface area (TPSA) is 103 Å². The van der Waals surface area contributed by atoms with E-state index in [1.807, 2.05) is 0 Å². The quantitative estimate of drug-likeness (QED) is 0.307. The van der Waals surface area contributed by atoms with Crippen LogP contribution in [-0.4, -0.2) is 29.2 Å². The Kier molecular flexibility index (Phi) is 7.02. The molecule has 170 valence electrons. The largest absolute Gasteiger partial charge is 0.487 e. The van der Waals surface area contributed by atoms with Crippen molar-refractivity contribution in [1.29, 1.82) is 5.26 Å². The van der Waals surface area contributed by atoms with E-state index in [2.05, 4.69) is 25.2 Å². The summed E-state index contributed by atoms with van der Waals surface area (Å²) in [6.45, 7) is -1.21. The SMILES string of the molecule is N#Cc1c(-c2ccccc2)nc(NN=Cc2ccc(C(F)(F)F)c(OCC(F)F)c2)[nH]c1=O. The van der Waals surface area contributed by atoms with E-state index >= 15 is 0 Å². The Bertz CT molecular complexity index is 1250. The van der Waals surface area contributed by atoms with Crippen LogP contribution in [0.4, 0.5) is 27.9 Å². The molecule has 0 spiro atoms. The number of hydrogen-bond acceptors (Lipinski definition) is 6. The number of nitriles is 1. The molecular formula is C21H14F5N5O2. The van der Waals surface area contributed by atoms with Crippen LogP contribution < -0.4 is 15.7 Å². The highest BCUT2D eigenvalue weighted by Gasteiger charge is 2.34. The van der Waals surface area contributed by atoms with Crippen molar-refractivity contribution in [2.75, 3.05) is 12.0 Å². The number of hydrogen-bond donors (Lipinski definition) is 2. The van der Waals surface area contributed by atoms with Gasteiger partial charge in [0.25, 0.3) is 12.0 Å². The second kappa shape index (κ2) is 9.90. The molecule has 12 heteroatoms. The van der Waals surface area contributed by atoms with Gasteiger partial charge >= 0.3 is 6.18 Å². The van der Waals surface area contributed by atoms with E-state index in [1.54, 1.807) is 36.4 Å². The molecule has 0 unspecified atom stereocenters. The summed E-state index contributed by atoms with van der Waals surface area (Å²) < 4.78 is 68.6. The fourth-order valence-corrected chi connectivity index (χ4v) is 2.73. The molecule has 1 heterocycles. The predicted molar refractivity (Wildman–Crippen MR) is 109 cm³/mol. The fourth-order valence-electron chi connectivity index (χ4n) is 2.73. The van der Waals surface area contributed by atoms with Gasteiger partial charge in [0, 0.05) is 5.56 Å². The van der Waals surface area contributed by atoms with Gasteiger partial charge in [-0.2, -0.15) is 23.5 Å². The second-order valence-electron chi connectivity index (χ2n) is 6.44. The molecule has 33 heavy (non-hydrogen) atoms. The molecule has 0 aliphatic heterocycles. The number of H-pyrrole nitrogens is 1. The first-order valence-electron chi connectivity index (χ1n) is 9.20. The third-order valence-electron chi connectivity index (χ3n) is 4.14. The summed E-state index contributed by atoms with van der Waals surface area (Å²) in [5.41, 5.74) is 0.995. The number of rotatable bonds is 7. The van der Waals surface area contributed by atoms with Gasteiger partial charge in [-0.3, -0.25) is 9.78 Å². The first kappa shape index (κ1) is 23.4. The molecule has 0 radical (unpaired) electrons. The van der Waals surface area contributed by atoms with Crippen LogP contribution in [0.1, 0.15) is 16.7 Å². The molecule has 2 N–H and O–H groups in total.